The van der Waals surface area contributed by atoms with E-state index in [1.807, 2.05) is 18.2 Å². The van der Waals surface area contributed by atoms with E-state index >= 15 is 0 Å². The number of carbonyl (C=O) groups is 1. The summed E-state index contributed by atoms with van der Waals surface area (Å²) in [7, 11) is 1.57. The van der Waals surface area contributed by atoms with E-state index < -0.39 is 6.43 Å². The first-order valence-corrected chi connectivity index (χ1v) is 11.3. The van der Waals surface area contributed by atoms with Crippen molar-refractivity contribution >= 4 is 11.6 Å². The van der Waals surface area contributed by atoms with E-state index in [1.54, 1.807) is 7.11 Å². The average Bonchev–Trinajstić information content (AvgIpc) is 3.26. The predicted molar refractivity (Wildman–Crippen MR) is 121 cm³/mol. The van der Waals surface area contributed by atoms with Crippen LogP contribution in [0.4, 0.5) is 8.78 Å². The third-order valence-corrected chi connectivity index (χ3v) is 6.80. The van der Waals surface area contributed by atoms with Crippen LogP contribution in [0.15, 0.2) is 30.6 Å². The molecule has 2 aromatic heterocycles. The Morgan fingerprint density at radius 2 is 1.97 bits per heavy atom. The molecule has 1 aliphatic rings. The maximum atomic E-state index is 13.7. The van der Waals surface area contributed by atoms with E-state index in [1.165, 1.54) is 16.9 Å². The van der Waals surface area contributed by atoms with Gasteiger partial charge in [0.1, 0.15) is 17.8 Å². The lowest BCUT2D eigenvalue weighted by atomic mass is 9.71. The third kappa shape index (κ3) is 4.48. The van der Waals surface area contributed by atoms with E-state index in [0.29, 0.717) is 23.4 Å². The smallest absolute Gasteiger partial charge is 0.280 e. The third-order valence-electron chi connectivity index (χ3n) is 6.80. The molecule has 0 saturated heterocycles. The van der Waals surface area contributed by atoms with Crippen molar-refractivity contribution in [1.29, 1.82) is 0 Å². The number of fused-ring (bicyclic) bond motifs is 1. The van der Waals surface area contributed by atoms with Gasteiger partial charge in [-0.15, -0.1) is 0 Å². The predicted octanol–water partition coefficient (Wildman–Crippen LogP) is 5.77. The molecule has 0 spiro atoms. The van der Waals surface area contributed by atoms with Crippen molar-refractivity contribution in [3.63, 3.8) is 0 Å². The molecule has 0 amide bonds. The van der Waals surface area contributed by atoms with Gasteiger partial charge in [0.15, 0.2) is 5.78 Å². The molecule has 3 aromatic rings. The van der Waals surface area contributed by atoms with Gasteiger partial charge in [-0.25, -0.2) is 18.3 Å². The molecule has 6 nitrogen and oxygen atoms in total. The van der Waals surface area contributed by atoms with E-state index in [4.69, 9.17) is 4.74 Å². The average molecular weight is 457 g/mol. The van der Waals surface area contributed by atoms with E-state index in [2.05, 4.69) is 42.8 Å². The Balaban J connectivity index is 1.70. The van der Waals surface area contributed by atoms with Crippen LogP contribution in [-0.2, 0) is 5.41 Å². The van der Waals surface area contributed by atoms with Crippen LogP contribution >= 0.6 is 0 Å². The molecule has 176 valence electrons. The van der Waals surface area contributed by atoms with E-state index in [9.17, 15) is 13.6 Å². The number of alkyl halides is 2. The van der Waals surface area contributed by atoms with Gasteiger partial charge < -0.3 is 4.74 Å². The Morgan fingerprint density at radius 3 is 2.64 bits per heavy atom. The van der Waals surface area contributed by atoms with Gasteiger partial charge in [0.25, 0.3) is 12.2 Å². The Bertz CT molecular complexity index is 1170. The molecule has 3 atom stereocenters. The van der Waals surface area contributed by atoms with Gasteiger partial charge in [0, 0.05) is 11.8 Å². The Labute approximate surface area is 192 Å². The number of ketones is 1. The molecule has 1 saturated carbocycles. The van der Waals surface area contributed by atoms with Gasteiger partial charge >= 0.3 is 0 Å². The molecular formula is C25H30F2N4O2. The summed E-state index contributed by atoms with van der Waals surface area (Å²) in [4.78, 5) is 21.6. The van der Waals surface area contributed by atoms with Gasteiger partial charge in [-0.1, -0.05) is 33.8 Å². The molecule has 1 fully saturated rings. The minimum absolute atomic E-state index is 0.0350. The molecule has 1 aromatic carbocycles. The molecule has 2 heterocycles. The number of ether oxygens (including phenoxy) is 1. The highest BCUT2D eigenvalue weighted by Crippen LogP contribution is 2.43. The van der Waals surface area contributed by atoms with Gasteiger partial charge in [-0.2, -0.15) is 10.1 Å². The number of hydrogen-bond acceptors (Lipinski definition) is 5. The Kier molecular flexibility index (Phi) is 6.20. The highest BCUT2D eigenvalue weighted by Gasteiger charge is 2.36. The molecule has 4 rings (SSSR count). The summed E-state index contributed by atoms with van der Waals surface area (Å²) in [5.41, 5.74) is 1.86. The second-order valence-corrected chi connectivity index (χ2v) is 10.0. The fraction of sp³-hybridized carbons (Fsp3) is 0.520. The summed E-state index contributed by atoms with van der Waals surface area (Å²) >= 11 is 0. The normalized spacial score (nSPS) is 21.5. The largest absolute Gasteiger partial charge is 0.496 e. The monoisotopic (exact) mass is 456 g/mol. The minimum atomic E-state index is -2.70. The molecule has 2 unspecified atom stereocenters. The number of benzene rings is 1. The number of carbonyl (C=O) groups excluding carboxylic acids is 1. The van der Waals surface area contributed by atoms with Gasteiger partial charge in [0.2, 0.25) is 0 Å². The van der Waals surface area contributed by atoms with Crippen molar-refractivity contribution in [2.24, 2.45) is 11.8 Å². The van der Waals surface area contributed by atoms with Crippen LogP contribution in [0, 0.1) is 11.8 Å². The van der Waals surface area contributed by atoms with Crippen molar-refractivity contribution < 1.29 is 18.3 Å². The second-order valence-electron chi connectivity index (χ2n) is 10.0. The summed E-state index contributed by atoms with van der Waals surface area (Å²) in [6.45, 7) is 8.41. The fourth-order valence-electron chi connectivity index (χ4n) is 4.79. The molecule has 1 aliphatic carbocycles. The van der Waals surface area contributed by atoms with E-state index in [0.717, 1.165) is 18.4 Å². The maximum absolute atomic E-state index is 13.7. The number of halogens is 2. The first-order chi connectivity index (χ1) is 15.6. The first-order valence-electron chi connectivity index (χ1n) is 11.3. The molecule has 0 aliphatic heterocycles. The maximum Gasteiger partial charge on any atom is 0.280 e. The molecule has 0 bridgehead atoms. The lowest BCUT2D eigenvalue weighted by Crippen LogP contribution is -2.29. The molecule has 0 radical (unpaired) electrons. The number of methoxy groups -OCH3 is 1. The fourth-order valence-corrected chi connectivity index (χ4v) is 4.79. The number of hydrogen-bond donors (Lipinski definition) is 0. The van der Waals surface area contributed by atoms with Crippen molar-refractivity contribution in [3.05, 3.63) is 53.1 Å². The van der Waals surface area contributed by atoms with Crippen LogP contribution in [0.3, 0.4) is 0 Å². The summed E-state index contributed by atoms with van der Waals surface area (Å²) in [5, 5.41) is 4.22. The summed E-state index contributed by atoms with van der Waals surface area (Å²) in [6.07, 6.45) is 0.716. The summed E-state index contributed by atoms with van der Waals surface area (Å²) < 4.78 is 34.0. The van der Waals surface area contributed by atoms with Crippen LogP contribution in [0.25, 0.3) is 5.78 Å². The lowest BCUT2D eigenvalue weighted by molar-refractivity contribution is 0.0855. The SMILES string of the molecule is COc1ccc(C(C)(C)C)cc1C(=O)C1CCC(C)[C@H](c2cc(C(F)F)nc3ncnn23)C1. The zero-order valence-corrected chi connectivity index (χ0v) is 19.7. The first kappa shape index (κ1) is 23.3. The zero-order chi connectivity index (χ0) is 23.9. The van der Waals surface area contributed by atoms with Gasteiger partial charge in [-0.3, -0.25) is 4.79 Å². The molecular weight excluding hydrogens is 426 g/mol. The van der Waals surface area contributed by atoms with Crippen LogP contribution in [-0.4, -0.2) is 32.5 Å². The molecule has 33 heavy (non-hydrogen) atoms. The zero-order valence-electron chi connectivity index (χ0n) is 19.7. The Morgan fingerprint density at radius 1 is 1.21 bits per heavy atom. The molecule has 8 heteroatoms. The van der Waals surface area contributed by atoms with Crippen molar-refractivity contribution in [2.75, 3.05) is 7.11 Å². The number of Topliss-reactive ketones (excluding diaryl/α,β-unsaturated/α-hetero) is 1. The highest BCUT2D eigenvalue weighted by molar-refractivity contribution is 6.00. The van der Waals surface area contributed by atoms with Crippen LogP contribution in [0.5, 0.6) is 5.75 Å². The quantitative estimate of drug-likeness (QED) is 0.456. The van der Waals surface area contributed by atoms with Gasteiger partial charge in [0.05, 0.1) is 18.4 Å². The van der Waals surface area contributed by atoms with Crippen LogP contribution in [0.1, 0.15) is 86.6 Å². The Hall–Kier alpha value is -2.90. The topological polar surface area (TPSA) is 69.4 Å². The number of aromatic nitrogens is 4. The van der Waals surface area contributed by atoms with Crippen LogP contribution < -0.4 is 4.74 Å². The van der Waals surface area contributed by atoms with Crippen molar-refractivity contribution in [3.8, 4) is 5.75 Å². The highest BCUT2D eigenvalue weighted by atomic mass is 19.3. The standard InChI is InChI=1S/C25H30F2N4O2/c1-14-6-7-15(22(32)18-11-16(25(2,3)4)8-9-21(18)33-5)10-17(14)20-12-19(23(26)27)30-24-28-13-29-31(20)24/h8-9,11-15,17,23H,6-7,10H2,1-5H3/t14?,15?,17-/m1/s1. The van der Waals surface area contributed by atoms with Gasteiger partial charge in [-0.05, 0) is 54.4 Å². The number of rotatable bonds is 5. The number of nitrogens with zero attached hydrogens (tertiary/aromatic N) is 4. The summed E-state index contributed by atoms with van der Waals surface area (Å²) in [5.74, 6) is 0.602. The van der Waals surface area contributed by atoms with Crippen LogP contribution in [0.2, 0.25) is 0 Å². The summed E-state index contributed by atoms with van der Waals surface area (Å²) in [6, 6.07) is 7.20. The van der Waals surface area contributed by atoms with E-state index in [-0.39, 0.29) is 40.4 Å². The molecule has 0 N–H and O–H groups in total. The van der Waals surface area contributed by atoms with Crippen molar-refractivity contribution in [1.82, 2.24) is 19.6 Å². The lowest BCUT2D eigenvalue weighted by Gasteiger charge is -2.34. The second kappa shape index (κ2) is 8.80. The minimum Gasteiger partial charge on any atom is -0.496 e. The van der Waals surface area contributed by atoms with Crippen molar-refractivity contribution in [2.45, 2.75) is 64.7 Å².